The van der Waals surface area contributed by atoms with Crippen LogP contribution in [0.1, 0.15) is 5.56 Å². The first kappa shape index (κ1) is 18.4. The third-order valence-corrected chi connectivity index (χ3v) is 3.45. The molecule has 0 atom stereocenters. The van der Waals surface area contributed by atoms with E-state index in [0.29, 0.717) is 5.02 Å². The number of hydrogen-bond acceptors (Lipinski definition) is 5. The van der Waals surface area contributed by atoms with Gasteiger partial charge in [0.05, 0.1) is 27.4 Å². The maximum absolute atomic E-state index is 11.8. The summed E-state index contributed by atoms with van der Waals surface area (Å²) in [6.07, 6.45) is 1.07. The molecule has 0 saturated carbocycles. The SMILES string of the molecule is O=C(N/N=C/c1ccccc1[N+](=O)[O-])C(=O)Nc1cc(Cl)ccc1Cl. The van der Waals surface area contributed by atoms with Crippen LogP contribution in [0.2, 0.25) is 10.0 Å². The van der Waals surface area contributed by atoms with Crippen molar-refractivity contribution in [3.63, 3.8) is 0 Å². The maximum Gasteiger partial charge on any atom is 0.329 e. The van der Waals surface area contributed by atoms with Crippen molar-refractivity contribution in [3.05, 3.63) is 68.2 Å². The summed E-state index contributed by atoms with van der Waals surface area (Å²) in [4.78, 5) is 33.8. The van der Waals surface area contributed by atoms with Gasteiger partial charge in [-0.25, -0.2) is 5.43 Å². The van der Waals surface area contributed by atoms with Gasteiger partial charge in [0.2, 0.25) is 0 Å². The average molecular weight is 381 g/mol. The van der Waals surface area contributed by atoms with Crippen molar-refractivity contribution >= 4 is 52.6 Å². The van der Waals surface area contributed by atoms with Crippen LogP contribution in [0.3, 0.4) is 0 Å². The minimum atomic E-state index is -1.08. The summed E-state index contributed by atoms with van der Waals surface area (Å²) in [5, 5.41) is 17.2. The standard InChI is InChI=1S/C15H10Cl2N4O4/c16-10-5-6-11(17)12(7-10)19-14(22)15(23)20-18-8-9-3-1-2-4-13(9)21(24)25/h1-8H,(H,19,22)(H,20,23)/b18-8+. The molecule has 2 N–H and O–H groups in total. The Balaban J connectivity index is 2.01. The lowest BCUT2D eigenvalue weighted by atomic mass is 10.2. The van der Waals surface area contributed by atoms with Crippen LogP contribution in [-0.4, -0.2) is 23.0 Å². The Morgan fingerprint density at radius 3 is 2.56 bits per heavy atom. The molecule has 0 saturated heterocycles. The van der Waals surface area contributed by atoms with E-state index in [1.807, 2.05) is 5.43 Å². The van der Waals surface area contributed by atoms with Gasteiger partial charge in [-0.1, -0.05) is 35.3 Å². The zero-order chi connectivity index (χ0) is 18.4. The smallest absolute Gasteiger partial charge is 0.316 e. The molecule has 2 amide bonds. The van der Waals surface area contributed by atoms with E-state index in [1.54, 1.807) is 6.07 Å². The van der Waals surface area contributed by atoms with E-state index in [2.05, 4.69) is 10.4 Å². The zero-order valence-corrected chi connectivity index (χ0v) is 13.9. The molecular formula is C15H10Cl2N4O4. The van der Waals surface area contributed by atoms with Gasteiger partial charge in [-0.3, -0.25) is 19.7 Å². The van der Waals surface area contributed by atoms with Crippen molar-refractivity contribution in [1.29, 1.82) is 0 Å². The monoisotopic (exact) mass is 380 g/mol. The van der Waals surface area contributed by atoms with Gasteiger partial charge >= 0.3 is 11.8 Å². The van der Waals surface area contributed by atoms with Gasteiger partial charge in [0.25, 0.3) is 5.69 Å². The number of nitrogens with zero attached hydrogens (tertiary/aromatic N) is 2. The molecule has 0 bridgehead atoms. The molecule has 25 heavy (non-hydrogen) atoms. The summed E-state index contributed by atoms with van der Waals surface area (Å²) in [5.41, 5.74) is 2.12. The van der Waals surface area contributed by atoms with Crippen LogP contribution in [0.4, 0.5) is 11.4 Å². The van der Waals surface area contributed by atoms with Crippen molar-refractivity contribution in [2.24, 2.45) is 5.10 Å². The molecule has 0 unspecified atom stereocenters. The Morgan fingerprint density at radius 2 is 1.84 bits per heavy atom. The molecule has 0 heterocycles. The molecule has 2 rings (SSSR count). The minimum absolute atomic E-state index is 0.164. The van der Waals surface area contributed by atoms with E-state index in [1.165, 1.54) is 36.4 Å². The number of rotatable bonds is 4. The third kappa shape index (κ3) is 5.00. The van der Waals surface area contributed by atoms with Crippen LogP contribution in [0.5, 0.6) is 0 Å². The number of para-hydroxylation sites is 1. The second kappa shape index (κ2) is 8.22. The van der Waals surface area contributed by atoms with Crippen LogP contribution in [0.25, 0.3) is 0 Å². The van der Waals surface area contributed by atoms with Gasteiger partial charge in [-0.05, 0) is 24.3 Å². The van der Waals surface area contributed by atoms with Crippen LogP contribution in [-0.2, 0) is 9.59 Å². The summed E-state index contributed by atoms with van der Waals surface area (Å²) >= 11 is 11.7. The van der Waals surface area contributed by atoms with Crippen molar-refractivity contribution < 1.29 is 14.5 Å². The number of nitro benzene ring substituents is 1. The van der Waals surface area contributed by atoms with Crippen LogP contribution in [0, 0.1) is 10.1 Å². The van der Waals surface area contributed by atoms with Crippen LogP contribution < -0.4 is 10.7 Å². The Labute approximate surface area is 151 Å². The number of nitrogens with one attached hydrogen (secondary N) is 2. The molecule has 8 nitrogen and oxygen atoms in total. The average Bonchev–Trinajstić information content (AvgIpc) is 2.58. The fourth-order valence-corrected chi connectivity index (χ4v) is 2.08. The largest absolute Gasteiger partial charge is 0.329 e. The topological polar surface area (TPSA) is 114 Å². The lowest BCUT2D eigenvalue weighted by Gasteiger charge is -2.06. The summed E-state index contributed by atoms with van der Waals surface area (Å²) < 4.78 is 0. The minimum Gasteiger partial charge on any atom is -0.316 e. The number of hydrogen-bond donors (Lipinski definition) is 2. The second-order valence-corrected chi connectivity index (χ2v) is 5.44. The number of hydrazone groups is 1. The van der Waals surface area contributed by atoms with Crippen LogP contribution >= 0.6 is 23.2 Å². The first-order valence-electron chi connectivity index (χ1n) is 6.71. The second-order valence-electron chi connectivity index (χ2n) is 4.59. The molecule has 0 aliphatic heterocycles. The lowest BCUT2D eigenvalue weighted by molar-refractivity contribution is -0.385. The Hall–Kier alpha value is -2.97. The maximum atomic E-state index is 11.8. The normalized spacial score (nSPS) is 10.5. The number of benzene rings is 2. The molecule has 10 heteroatoms. The molecule has 0 radical (unpaired) electrons. The number of carbonyl (C=O) groups is 2. The molecule has 0 aromatic heterocycles. The number of anilines is 1. The molecule has 0 fully saturated rings. The predicted molar refractivity (Wildman–Crippen MR) is 93.9 cm³/mol. The molecule has 0 spiro atoms. The number of carbonyl (C=O) groups excluding carboxylic acids is 2. The highest BCUT2D eigenvalue weighted by molar-refractivity contribution is 6.42. The Bertz CT molecular complexity index is 870. The first-order chi connectivity index (χ1) is 11.9. The van der Waals surface area contributed by atoms with Gasteiger partial charge in [0.1, 0.15) is 0 Å². The van der Waals surface area contributed by atoms with Gasteiger partial charge < -0.3 is 5.32 Å². The molecule has 0 aliphatic carbocycles. The molecule has 0 aliphatic rings. The van der Waals surface area contributed by atoms with E-state index in [9.17, 15) is 19.7 Å². The molecular weight excluding hydrogens is 371 g/mol. The van der Waals surface area contributed by atoms with Crippen molar-refractivity contribution in [3.8, 4) is 0 Å². The van der Waals surface area contributed by atoms with Gasteiger partial charge in [-0.15, -0.1) is 0 Å². The highest BCUT2D eigenvalue weighted by Crippen LogP contribution is 2.25. The van der Waals surface area contributed by atoms with Crippen molar-refractivity contribution in [2.75, 3.05) is 5.32 Å². The van der Waals surface area contributed by atoms with E-state index < -0.39 is 16.7 Å². The number of halogens is 2. The van der Waals surface area contributed by atoms with Crippen LogP contribution in [0.15, 0.2) is 47.6 Å². The quantitative estimate of drug-likeness (QED) is 0.367. The van der Waals surface area contributed by atoms with Gasteiger partial charge in [0, 0.05) is 11.1 Å². The fourth-order valence-electron chi connectivity index (χ4n) is 1.75. The summed E-state index contributed by atoms with van der Waals surface area (Å²) in [7, 11) is 0. The van der Waals surface area contributed by atoms with Crippen molar-refractivity contribution in [1.82, 2.24) is 5.43 Å². The first-order valence-corrected chi connectivity index (χ1v) is 7.47. The Morgan fingerprint density at radius 1 is 1.12 bits per heavy atom. The zero-order valence-electron chi connectivity index (χ0n) is 12.4. The fraction of sp³-hybridized carbons (Fsp3) is 0. The molecule has 2 aromatic carbocycles. The summed E-state index contributed by atoms with van der Waals surface area (Å²) in [6, 6.07) is 10.2. The predicted octanol–water partition coefficient (Wildman–Crippen LogP) is 2.99. The van der Waals surface area contributed by atoms with Gasteiger partial charge in [-0.2, -0.15) is 5.10 Å². The Kier molecular flexibility index (Phi) is 6.04. The summed E-state index contributed by atoms with van der Waals surface area (Å²) in [5.74, 6) is -2.10. The highest BCUT2D eigenvalue weighted by atomic mass is 35.5. The lowest BCUT2D eigenvalue weighted by Crippen LogP contribution is -2.32. The van der Waals surface area contributed by atoms with E-state index >= 15 is 0 Å². The number of nitro groups is 1. The van der Waals surface area contributed by atoms with Gasteiger partial charge in [0.15, 0.2) is 0 Å². The van der Waals surface area contributed by atoms with E-state index in [4.69, 9.17) is 23.2 Å². The molecule has 128 valence electrons. The van der Waals surface area contributed by atoms with E-state index in [0.717, 1.165) is 6.21 Å². The number of amides is 2. The third-order valence-electron chi connectivity index (χ3n) is 2.89. The summed E-state index contributed by atoms with van der Waals surface area (Å²) in [6.45, 7) is 0. The molecule has 2 aromatic rings. The van der Waals surface area contributed by atoms with Crippen molar-refractivity contribution in [2.45, 2.75) is 0 Å². The highest BCUT2D eigenvalue weighted by Gasteiger charge is 2.15. The van der Waals surface area contributed by atoms with E-state index in [-0.39, 0.29) is 22.0 Å².